The summed E-state index contributed by atoms with van der Waals surface area (Å²) in [5.41, 5.74) is 0.595. The standard InChI is InChI=1S/C15H20O8/c1-2-20-9-5-7(3-4-8(9)16)15-21-6-10-13(23-15)11(17)12(18)14(19)22-10/h3-5,10-19H,2,6H2,1H3/t10-,11-,12-,13-,14?,15?/m1/s1. The second-order valence-corrected chi connectivity index (χ2v) is 5.47. The normalized spacial score (nSPS) is 37.2. The van der Waals surface area contributed by atoms with Crippen LogP contribution in [0.5, 0.6) is 11.5 Å². The molecule has 128 valence electrons. The molecule has 2 aliphatic heterocycles. The van der Waals surface area contributed by atoms with E-state index >= 15 is 0 Å². The van der Waals surface area contributed by atoms with Crippen molar-refractivity contribution in [2.24, 2.45) is 0 Å². The number of phenolic OH excluding ortho intramolecular Hbond substituents is 1. The van der Waals surface area contributed by atoms with Gasteiger partial charge in [-0.15, -0.1) is 0 Å². The maximum Gasteiger partial charge on any atom is 0.184 e. The number of aromatic hydroxyl groups is 1. The molecule has 2 fully saturated rings. The van der Waals surface area contributed by atoms with Gasteiger partial charge in [0.05, 0.1) is 13.2 Å². The molecule has 2 heterocycles. The molecule has 0 radical (unpaired) electrons. The molecule has 0 aromatic heterocycles. The average Bonchev–Trinajstić information content (AvgIpc) is 2.55. The molecule has 2 unspecified atom stereocenters. The number of ether oxygens (including phenoxy) is 4. The molecular formula is C15H20O8. The lowest BCUT2D eigenvalue weighted by Gasteiger charge is -2.45. The van der Waals surface area contributed by atoms with Crippen molar-refractivity contribution in [1.82, 2.24) is 0 Å². The molecule has 2 saturated heterocycles. The first-order valence-electron chi connectivity index (χ1n) is 7.43. The molecule has 0 spiro atoms. The Balaban J connectivity index is 1.77. The largest absolute Gasteiger partial charge is 0.504 e. The summed E-state index contributed by atoms with van der Waals surface area (Å²) in [5.74, 6) is 0.305. The molecule has 4 N–H and O–H groups in total. The first-order chi connectivity index (χ1) is 11.0. The molecule has 0 aliphatic carbocycles. The van der Waals surface area contributed by atoms with Gasteiger partial charge in [0.25, 0.3) is 0 Å². The van der Waals surface area contributed by atoms with E-state index in [1.165, 1.54) is 6.07 Å². The molecule has 1 aromatic rings. The zero-order valence-electron chi connectivity index (χ0n) is 12.5. The molecule has 0 bridgehead atoms. The molecule has 23 heavy (non-hydrogen) atoms. The highest BCUT2D eigenvalue weighted by Gasteiger charge is 2.48. The predicted molar refractivity (Wildman–Crippen MR) is 75.7 cm³/mol. The van der Waals surface area contributed by atoms with Crippen LogP contribution in [0.3, 0.4) is 0 Å². The van der Waals surface area contributed by atoms with Gasteiger partial charge in [0.15, 0.2) is 24.1 Å². The van der Waals surface area contributed by atoms with E-state index in [2.05, 4.69) is 0 Å². The number of hydrogen-bond acceptors (Lipinski definition) is 8. The number of phenols is 1. The number of aliphatic hydroxyl groups is 3. The highest BCUT2D eigenvalue weighted by Crippen LogP contribution is 2.36. The first-order valence-corrected chi connectivity index (χ1v) is 7.43. The molecule has 0 amide bonds. The zero-order chi connectivity index (χ0) is 16.6. The summed E-state index contributed by atoms with van der Waals surface area (Å²) in [5, 5.41) is 39.0. The van der Waals surface area contributed by atoms with Crippen LogP contribution in [0, 0.1) is 0 Å². The van der Waals surface area contributed by atoms with Crippen molar-refractivity contribution in [1.29, 1.82) is 0 Å². The zero-order valence-corrected chi connectivity index (χ0v) is 12.5. The van der Waals surface area contributed by atoms with E-state index in [4.69, 9.17) is 18.9 Å². The second kappa shape index (κ2) is 6.60. The molecule has 2 aliphatic rings. The van der Waals surface area contributed by atoms with Crippen molar-refractivity contribution in [2.75, 3.05) is 13.2 Å². The highest BCUT2D eigenvalue weighted by molar-refractivity contribution is 5.42. The monoisotopic (exact) mass is 328 g/mol. The van der Waals surface area contributed by atoms with E-state index < -0.39 is 37.0 Å². The average molecular weight is 328 g/mol. The number of hydrogen-bond donors (Lipinski definition) is 4. The second-order valence-electron chi connectivity index (χ2n) is 5.47. The predicted octanol–water partition coefficient (Wildman–Crippen LogP) is -0.356. The Morgan fingerprint density at radius 1 is 1.17 bits per heavy atom. The lowest BCUT2D eigenvalue weighted by molar-refractivity contribution is -0.354. The minimum Gasteiger partial charge on any atom is -0.504 e. The lowest BCUT2D eigenvalue weighted by atomic mass is 9.98. The minimum absolute atomic E-state index is 0.00358. The molecular weight excluding hydrogens is 308 g/mol. The van der Waals surface area contributed by atoms with E-state index in [1.807, 2.05) is 0 Å². The summed E-state index contributed by atoms with van der Waals surface area (Å²) < 4.78 is 21.7. The Bertz CT molecular complexity index is 548. The number of fused-ring (bicyclic) bond motifs is 1. The van der Waals surface area contributed by atoms with Crippen molar-refractivity contribution >= 4 is 0 Å². The van der Waals surface area contributed by atoms with E-state index in [1.54, 1.807) is 19.1 Å². The first kappa shape index (κ1) is 16.4. The third-order valence-electron chi connectivity index (χ3n) is 3.91. The van der Waals surface area contributed by atoms with Crippen molar-refractivity contribution < 1.29 is 39.4 Å². The van der Waals surface area contributed by atoms with Crippen LogP contribution in [-0.2, 0) is 14.2 Å². The van der Waals surface area contributed by atoms with Crippen molar-refractivity contribution in [3.8, 4) is 11.5 Å². The van der Waals surface area contributed by atoms with Gasteiger partial charge < -0.3 is 39.4 Å². The SMILES string of the molecule is CCOc1cc(C2OC[C@H]3OC(O)[C@H](O)[C@@H](O)[C@@H]3O2)ccc1O. The summed E-state index contributed by atoms with van der Waals surface area (Å²) in [4.78, 5) is 0. The Morgan fingerprint density at radius 2 is 1.96 bits per heavy atom. The maximum absolute atomic E-state index is 10.1. The van der Waals surface area contributed by atoms with Gasteiger partial charge in [-0.25, -0.2) is 0 Å². The summed E-state index contributed by atoms with van der Waals surface area (Å²) in [6.45, 7) is 2.28. The lowest BCUT2D eigenvalue weighted by Crippen LogP contribution is -2.61. The van der Waals surface area contributed by atoms with Crippen LogP contribution >= 0.6 is 0 Å². The molecule has 8 heteroatoms. The Hall–Kier alpha value is -1.42. The van der Waals surface area contributed by atoms with Gasteiger partial charge in [-0.2, -0.15) is 0 Å². The van der Waals surface area contributed by atoms with Gasteiger partial charge in [-0.05, 0) is 19.1 Å². The smallest absolute Gasteiger partial charge is 0.184 e. The van der Waals surface area contributed by atoms with Crippen LogP contribution in [0.15, 0.2) is 18.2 Å². The minimum atomic E-state index is -1.48. The van der Waals surface area contributed by atoms with Crippen LogP contribution in [0.4, 0.5) is 0 Å². The van der Waals surface area contributed by atoms with Gasteiger partial charge >= 0.3 is 0 Å². The highest BCUT2D eigenvalue weighted by atomic mass is 16.7. The molecule has 1 aromatic carbocycles. The van der Waals surface area contributed by atoms with E-state index in [9.17, 15) is 20.4 Å². The quantitative estimate of drug-likeness (QED) is 0.594. The molecule has 8 nitrogen and oxygen atoms in total. The summed E-state index contributed by atoms with van der Waals surface area (Å²) in [6, 6.07) is 4.67. The van der Waals surface area contributed by atoms with Crippen LogP contribution in [0.1, 0.15) is 18.8 Å². The third-order valence-corrected chi connectivity index (χ3v) is 3.91. The van der Waals surface area contributed by atoms with Gasteiger partial charge in [-0.3, -0.25) is 0 Å². The van der Waals surface area contributed by atoms with E-state index in [0.717, 1.165) is 0 Å². The van der Waals surface area contributed by atoms with Crippen LogP contribution < -0.4 is 4.74 Å². The van der Waals surface area contributed by atoms with Crippen molar-refractivity contribution in [3.05, 3.63) is 23.8 Å². The van der Waals surface area contributed by atoms with Crippen molar-refractivity contribution in [3.63, 3.8) is 0 Å². The van der Waals surface area contributed by atoms with Crippen LogP contribution in [-0.4, -0.2) is 64.3 Å². The fourth-order valence-corrected chi connectivity index (χ4v) is 2.71. The summed E-state index contributed by atoms with van der Waals surface area (Å²) in [7, 11) is 0. The number of aliphatic hydroxyl groups excluding tert-OH is 3. The third kappa shape index (κ3) is 3.14. The fourth-order valence-electron chi connectivity index (χ4n) is 2.71. The van der Waals surface area contributed by atoms with Crippen molar-refractivity contribution in [2.45, 2.75) is 43.9 Å². The topological polar surface area (TPSA) is 118 Å². The van der Waals surface area contributed by atoms with Gasteiger partial charge in [-0.1, -0.05) is 6.07 Å². The van der Waals surface area contributed by atoms with Gasteiger partial charge in [0, 0.05) is 5.56 Å². The van der Waals surface area contributed by atoms with E-state index in [-0.39, 0.29) is 12.4 Å². The molecule has 3 rings (SSSR count). The molecule has 6 atom stereocenters. The summed E-state index contributed by atoms with van der Waals surface area (Å²) >= 11 is 0. The Kier molecular flexibility index (Phi) is 4.72. The van der Waals surface area contributed by atoms with E-state index in [0.29, 0.717) is 17.9 Å². The van der Waals surface area contributed by atoms with Gasteiger partial charge in [0.1, 0.15) is 24.4 Å². The maximum atomic E-state index is 10.1. The number of rotatable bonds is 3. The Labute approximate surface area is 132 Å². The number of benzene rings is 1. The summed E-state index contributed by atoms with van der Waals surface area (Å²) in [6.07, 6.45) is -6.54. The van der Waals surface area contributed by atoms with Crippen LogP contribution in [0.2, 0.25) is 0 Å². The van der Waals surface area contributed by atoms with Crippen LogP contribution in [0.25, 0.3) is 0 Å². The Morgan fingerprint density at radius 3 is 2.70 bits per heavy atom. The fraction of sp³-hybridized carbons (Fsp3) is 0.600. The van der Waals surface area contributed by atoms with Gasteiger partial charge in [0.2, 0.25) is 0 Å². The molecule has 0 saturated carbocycles.